The average Bonchev–Trinajstić information content (AvgIpc) is 2.37. The zero-order chi connectivity index (χ0) is 14.3. The van der Waals surface area contributed by atoms with E-state index in [1.54, 1.807) is 6.33 Å². The Hall–Kier alpha value is -1.36. The van der Waals surface area contributed by atoms with Crippen molar-refractivity contribution in [3.63, 3.8) is 0 Å². The second-order valence-corrected chi connectivity index (χ2v) is 5.89. The molecule has 0 atom stereocenters. The van der Waals surface area contributed by atoms with E-state index in [0.717, 1.165) is 31.1 Å². The van der Waals surface area contributed by atoms with Crippen molar-refractivity contribution in [2.45, 2.75) is 39.7 Å². The Labute approximate surface area is 116 Å². The topological polar surface area (TPSA) is 61.9 Å². The molecule has 1 rings (SSSR count). The molecule has 5 heteroatoms. The lowest BCUT2D eigenvalue weighted by atomic mass is 10.1. The molecular weight excluding hydrogens is 238 g/mol. The Bertz CT molecular complexity index is 376. The minimum Gasteiger partial charge on any atom is -0.370 e. The first-order valence-corrected chi connectivity index (χ1v) is 6.91. The SMILES string of the molecule is CNC(C)(C)CNc1cc(NCCC(C)C)ncn1. The molecule has 0 aromatic carbocycles. The van der Waals surface area contributed by atoms with Crippen LogP contribution in [0.2, 0.25) is 0 Å². The maximum Gasteiger partial charge on any atom is 0.131 e. The highest BCUT2D eigenvalue weighted by atomic mass is 15.1. The van der Waals surface area contributed by atoms with Gasteiger partial charge < -0.3 is 16.0 Å². The number of aromatic nitrogens is 2. The van der Waals surface area contributed by atoms with Crippen LogP contribution in [-0.2, 0) is 0 Å². The van der Waals surface area contributed by atoms with Crippen LogP contribution in [0.1, 0.15) is 34.1 Å². The van der Waals surface area contributed by atoms with Gasteiger partial charge in [0.15, 0.2) is 0 Å². The van der Waals surface area contributed by atoms with Crippen molar-refractivity contribution in [1.29, 1.82) is 0 Å². The van der Waals surface area contributed by atoms with Gasteiger partial charge in [-0.15, -0.1) is 0 Å². The van der Waals surface area contributed by atoms with Crippen LogP contribution in [-0.4, -0.2) is 35.6 Å². The third-order valence-electron chi connectivity index (χ3n) is 3.08. The Morgan fingerprint density at radius 3 is 2.37 bits per heavy atom. The van der Waals surface area contributed by atoms with Crippen LogP contribution in [0.25, 0.3) is 0 Å². The van der Waals surface area contributed by atoms with Crippen LogP contribution in [0.15, 0.2) is 12.4 Å². The van der Waals surface area contributed by atoms with Gasteiger partial charge in [-0.1, -0.05) is 13.8 Å². The fourth-order valence-corrected chi connectivity index (χ4v) is 1.44. The number of hydrogen-bond acceptors (Lipinski definition) is 5. The Balaban J connectivity index is 2.48. The summed E-state index contributed by atoms with van der Waals surface area (Å²) in [4.78, 5) is 8.45. The van der Waals surface area contributed by atoms with Crippen molar-refractivity contribution < 1.29 is 0 Å². The highest BCUT2D eigenvalue weighted by Gasteiger charge is 2.14. The smallest absolute Gasteiger partial charge is 0.131 e. The molecule has 0 aliphatic heterocycles. The molecule has 0 aliphatic carbocycles. The van der Waals surface area contributed by atoms with E-state index in [1.807, 2.05) is 13.1 Å². The molecule has 0 fully saturated rings. The molecule has 5 nitrogen and oxygen atoms in total. The lowest BCUT2D eigenvalue weighted by Crippen LogP contribution is -2.42. The predicted molar refractivity (Wildman–Crippen MR) is 81.6 cm³/mol. The summed E-state index contributed by atoms with van der Waals surface area (Å²) in [6, 6.07) is 1.95. The predicted octanol–water partition coefficient (Wildman–Crippen LogP) is 2.34. The van der Waals surface area contributed by atoms with Gasteiger partial charge in [-0.3, -0.25) is 0 Å². The highest BCUT2D eigenvalue weighted by molar-refractivity contribution is 5.46. The van der Waals surface area contributed by atoms with Gasteiger partial charge in [-0.05, 0) is 33.2 Å². The minimum absolute atomic E-state index is 0.0379. The van der Waals surface area contributed by atoms with Crippen molar-refractivity contribution in [2.24, 2.45) is 5.92 Å². The third-order valence-corrected chi connectivity index (χ3v) is 3.08. The summed E-state index contributed by atoms with van der Waals surface area (Å²) < 4.78 is 0. The van der Waals surface area contributed by atoms with Crippen LogP contribution in [0.3, 0.4) is 0 Å². The maximum atomic E-state index is 4.23. The zero-order valence-corrected chi connectivity index (χ0v) is 12.7. The molecule has 3 N–H and O–H groups in total. The summed E-state index contributed by atoms with van der Waals surface area (Å²) in [5.41, 5.74) is 0.0379. The number of anilines is 2. The lowest BCUT2D eigenvalue weighted by Gasteiger charge is -2.24. The largest absolute Gasteiger partial charge is 0.370 e. The molecule has 0 radical (unpaired) electrons. The Morgan fingerprint density at radius 1 is 1.16 bits per heavy atom. The molecule has 1 aromatic heterocycles. The Kier molecular flexibility index (Phi) is 6.02. The van der Waals surface area contributed by atoms with E-state index in [1.165, 1.54) is 0 Å². The van der Waals surface area contributed by atoms with Gasteiger partial charge in [0, 0.05) is 24.7 Å². The molecule has 1 heterocycles. The molecule has 1 aromatic rings. The molecule has 19 heavy (non-hydrogen) atoms. The maximum absolute atomic E-state index is 4.23. The monoisotopic (exact) mass is 265 g/mol. The third kappa shape index (κ3) is 6.38. The van der Waals surface area contributed by atoms with Gasteiger partial charge in [0.2, 0.25) is 0 Å². The van der Waals surface area contributed by atoms with E-state index in [0.29, 0.717) is 5.92 Å². The van der Waals surface area contributed by atoms with E-state index < -0.39 is 0 Å². The van der Waals surface area contributed by atoms with E-state index in [-0.39, 0.29) is 5.54 Å². The number of nitrogens with one attached hydrogen (secondary N) is 3. The summed E-state index contributed by atoms with van der Waals surface area (Å²) in [6.45, 7) is 10.5. The molecular formula is C14H27N5. The van der Waals surface area contributed by atoms with Crippen LogP contribution < -0.4 is 16.0 Å². The summed E-state index contributed by atoms with van der Waals surface area (Å²) in [5.74, 6) is 2.43. The van der Waals surface area contributed by atoms with Crippen LogP contribution in [0.5, 0.6) is 0 Å². The molecule has 0 saturated carbocycles. The van der Waals surface area contributed by atoms with Gasteiger partial charge in [-0.25, -0.2) is 9.97 Å². The van der Waals surface area contributed by atoms with Gasteiger partial charge >= 0.3 is 0 Å². The molecule has 0 saturated heterocycles. The summed E-state index contributed by atoms with van der Waals surface area (Å²) in [6.07, 6.45) is 2.73. The van der Waals surface area contributed by atoms with Crippen molar-refractivity contribution in [2.75, 3.05) is 30.8 Å². The number of likely N-dealkylation sites (N-methyl/N-ethyl adjacent to an activating group) is 1. The van der Waals surface area contributed by atoms with Crippen LogP contribution in [0.4, 0.5) is 11.6 Å². The highest BCUT2D eigenvalue weighted by Crippen LogP contribution is 2.11. The average molecular weight is 265 g/mol. The fraction of sp³-hybridized carbons (Fsp3) is 0.714. The van der Waals surface area contributed by atoms with E-state index in [4.69, 9.17) is 0 Å². The summed E-state index contributed by atoms with van der Waals surface area (Å²) >= 11 is 0. The molecule has 0 aliphatic rings. The molecule has 0 bridgehead atoms. The second kappa shape index (κ2) is 7.28. The molecule has 0 amide bonds. The van der Waals surface area contributed by atoms with Gasteiger partial charge in [0.25, 0.3) is 0 Å². The lowest BCUT2D eigenvalue weighted by molar-refractivity contribution is 0.447. The second-order valence-electron chi connectivity index (χ2n) is 5.89. The number of hydrogen-bond donors (Lipinski definition) is 3. The molecule has 0 spiro atoms. The van der Waals surface area contributed by atoms with Gasteiger partial charge in [-0.2, -0.15) is 0 Å². The number of rotatable bonds is 8. The zero-order valence-electron chi connectivity index (χ0n) is 12.7. The Morgan fingerprint density at radius 2 is 1.79 bits per heavy atom. The van der Waals surface area contributed by atoms with Gasteiger partial charge in [0.1, 0.15) is 18.0 Å². The van der Waals surface area contributed by atoms with E-state index >= 15 is 0 Å². The minimum atomic E-state index is 0.0379. The summed E-state index contributed by atoms with van der Waals surface area (Å²) in [5, 5.41) is 9.89. The standard InChI is InChI=1S/C14H27N5/c1-11(2)6-7-16-12-8-13(19-10-18-12)17-9-14(3,4)15-5/h8,10-11,15H,6-7,9H2,1-5H3,(H2,16,17,18,19). The van der Waals surface area contributed by atoms with Gasteiger partial charge in [0.05, 0.1) is 0 Å². The van der Waals surface area contributed by atoms with E-state index in [2.05, 4.69) is 53.6 Å². The summed E-state index contributed by atoms with van der Waals surface area (Å²) in [7, 11) is 1.96. The van der Waals surface area contributed by atoms with Crippen molar-refractivity contribution in [3.05, 3.63) is 12.4 Å². The first-order valence-electron chi connectivity index (χ1n) is 6.91. The first kappa shape index (κ1) is 15.7. The van der Waals surface area contributed by atoms with Crippen LogP contribution >= 0.6 is 0 Å². The fourth-order valence-electron chi connectivity index (χ4n) is 1.44. The van der Waals surface area contributed by atoms with Crippen LogP contribution in [0, 0.1) is 5.92 Å². The van der Waals surface area contributed by atoms with Crippen molar-refractivity contribution in [1.82, 2.24) is 15.3 Å². The van der Waals surface area contributed by atoms with Crippen molar-refractivity contribution in [3.8, 4) is 0 Å². The van der Waals surface area contributed by atoms with E-state index in [9.17, 15) is 0 Å². The first-order chi connectivity index (χ1) is 8.93. The molecule has 0 unspecified atom stereocenters. The van der Waals surface area contributed by atoms with Crippen molar-refractivity contribution >= 4 is 11.6 Å². The quantitative estimate of drug-likeness (QED) is 0.673. The normalized spacial score (nSPS) is 11.7. The molecule has 108 valence electrons. The number of nitrogens with zero attached hydrogens (tertiary/aromatic N) is 2.